The van der Waals surface area contributed by atoms with Crippen LogP contribution < -0.4 is 10.1 Å². The van der Waals surface area contributed by atoms with E-state index in [0.29, 0.717) is 6.10 Å². The molecular weight excluding hydrogens is 330 g/mol. The van der Waals surface area contributed by atoms with Gasteiger partial charge in [-0.15, -0.1) is 10.2 Å². The second kappa shape index (κ2) is 8.52. The molecule has 1 saturated heterocycles. The molecule has 2 aromatic rings. The number of hydrogen-bond donors (Lipinski definition) is 1. The molecule has 0 saturated carbocycles. The summed E-state index contributed by atoms with van der Waals surface area (Å²) in [4.78, 5) is 0. The number of hydrogen-bond acceptors (Lipinski definition) is 7. The van der Waals surface area contributed by atoms with Gasteiger partial charge in [-0.3, -0.25) is 0 Å². The average Bonchev–Trinajstić information content (AvgIpc) is 3.07. The van der Waals surface area contributed by atoms with E-state index in [9.17, 15) is 0 Å². The molecule has 7 heteroatoms. The second-order valence-electron chi connectivity index (χ2n) is 5.37. The van der Waals surface area contributed by atoms with Crippen LogP contribution in [0.15, 0.2) is 28.6 Å². The van der Waals surface area contributed by atoms with Crippen LogP contribution >= 0.6 is 23.1 Å². The average molecular weight is 351 g/mol. The molecular formula is C16H21N3O2S2. The summed E-state index contributed by atoms with van der Waals surface area (Å²) in [5.74, 6) is 1.83. The van der Waals surface area contributed by atoms with E-state index in [1.54, 1.807) is 30.2 Å². The topological polar surface area (TPSA) is 56.3 Å². The molecule has 124 valence electrons. The number of anilines is 1. The van der Waals surface area contributed by atoms with Crippen LogP contribution in [0.1, 0.15) is 24.8 Å². The van der Waals surface area contributed by atoms with Crippen LogP contribution in [0.2, 0.25) is 0 Å². The molecule has 23 heavy (non-hydrogen) atoms. The van der Waals surface area contributed by atoms with Gasteiger partial charge in [0.1, 0.15) is 5.75 Å². The fourth-order valence-corrected chi connectivity index (χ4v) is 4.20. The Balaban J connectivity index is 1.44. The summed E-state index contributed by atoms with van der Waals surface area (Å²) in [5, 5.41) is 12.6. The van der Waals surface area contributed by atoms with E-state index in [-0.39, 0.29) is 0 Å². The Morgan fingerprint density at radius 2 is 2.17 bits per heavy atom. The van der Waals surface area contributed by atoms with Crippen LogP contribution in [0, 0.1) is 0 Å². The van der Waals surface area contributed by atoms with Gasteiger partial charge in [-0.05, 0) is 37.0 Å². The van der Waals surface area contributed by atoms with Gasteiger partial charge in [0.05, 0.1) is 13.2 Å². The van der Waals surface area contributed by atoms with Crippen molar-refractivity contribution in [3.05, 3.63) is 29.8 Å². The zero-order chi connectivity index (χ0) is 15.9. The van der Waals surface area contributed by atoms with E-state index in [1.807, 2.05) is 24.3 Å². The van der Waals surface area contributed by atoms with Crippen molar-refractivity contribution in [1.82, 2.24) is 10.2 Å². The number of ether oxygens (including phenoxy) is 2. The molecule has 0 bridgehead atoms. The molecule has 1 N–H and O–H groups in total. The van der Waals surface area contributed by atoms with Crippen molar-refractivity contribution < 1.29 is 9.47 Å². The first-order valence-electron chi connectivity index (χ1n) is 7.78. The quantitative estimate of drug-likeness (QED) is 0.765. The molecule has 1 fully saturated rings. The largest absolute Gasteiger partial charge is 0.497 e. The van der Waals surface area contributed by atoms with Crippen molar-refractivity contribution >= 4 is 28.2 Å². The summed E-state index contributed by atoms with van der Waals surface area (Å²) in [6.45, 7) is 1.63. The zero-order valence-corrected chi connectivity index (χ0v) is 14.8. The Morgan fingerprint density at radius 1 is 1.30 bits per heavy atom. The molecule has 0 amide bonds. The van der Waals surface area contributed by atoms with Crippen molar-refractivity contribution in [2.75, 3.05) is 24.8 Å². The summed E-state index contributed by atoms with van der Waals surface area (Å²) < 4.78 is 11.9. The van der Waals surface area contributed by atoms with Gasteiger partial charge in [0, 0.05) is 18.9 Å². The molecule has 3 rings (SSSR count). The number of nitrogens with zero attached hydrogens (tertiary/aromatic N) is 2. The number of benzene rings is 1. The number of thioether (sulfide) groups is 1. The normalized spacial score (nSPS) is 17.9. The minimum atomic E-state index is 0.369. The minimum absolute atomic E-state index is 0.369. The van der Waals surface area contributed by atoms with E-state index < -0.39 is 0 Å². The van der Waals surface area contributed by atoms with Crippen LogP contribution in [-0.2, 0) is 11.3 Å². The van der Waals surface area contributed by atoms with Crippen LogP contribution in [0.25, 0.3) is 0 Å². The number of nitrogens with one attached hydrogen (secondary N) is 1. The SMILES string of the molecule is COc1ccc(CNc2nnc(SC[C@H]3CCCCO3)s2)cc1. The third-order valence-electron chi connectivity index (χ3n) is 3.68. The lowest BCUT2D eigenvalue weighted by atomic mass is 10.1. The molecule has 1 aliphatic heterocycles. The number of aromatic nitrogens is 2. The molecule has 2 heterocycles. The zero-order valence-electron chi connectivity index (χ0n) is 13.2. The van der Waals surface area contributed by atoms with Crippen molar-refractivity contribution in [1.29, 1.82) is 0 Å². The molecule has 1 aromatic heterocycles. The monoisotopic (exact) mass is 351 g/mol. The van der Waals surface area contributed by atoms with Gasteiger partial charge in [-0.25, -0.2) is 0 Å². The lowest BCUT2D eigenvalue weighted by Crippen LogP contribution is -2.21. The molecule has 0 spiro atoms. The van der Waals surface area contributed by atoms with E-state index >= 15 is 0 Å². The lowest BCUT2D eigenvalue weighted by molar-refractivity contribution is 0.0315. The van der Waals surface area contributed by atoms with Crippen LogP contribution in [0.3, 0.4) is 0 Å². The highest BCUT2D eigenvalue weighted by molar-refractivity contribution is 8.01. The highest BCUT2D eigenvalue weighted by Crippen LogP contribution is 2.28. The molecule has 0 aliphatic carbocycles. The Bertz CT molecular complexity index is 598. The summed E-state index contributed by atoms with van der Waals surface area (Å²) in [6.07, 6.45) is 4.00. The van der Waals surface area contributed by atoms with Gasteiger partial charge < -0.3 is 14.8 Å². The summed E-state index contributed by atoms with van der Waals surface area (Å²) in [5.41, 5.74) is 1.19. The van der Waals surface area contributed by atoms with E-state index in [0.717, 1.165) is 40.5 Å². The summed E-state index contributed by atoms with van der Waals surface area (Å²) in [7, 11) is 1.67. The van der Waals surface area contributed by atoms with Crippen molar-refractivity contribution in [2.45, 2.75) is 36.3 Å². The van der Waals surface area contributed by atoms with E-state index in [4.69, 9.17) is 9.47 Å². The molecule has 5 nitrogen and oxygen atoms in total. The van der Waals surface area contributed by atoms with Crippen LogP contribution in [0.5, 0.6) is 5.75 Å². The number of methoxy groups -OCH3 is 1. The standard InChI is InChI=1S/C16H21N3O2S2/c1-20-13-7-5-12(6-8-13)10-17-15-18-19-16(23-15)22-11-14-4-2-3-9-21-14/h5-8,14H,2-4,9-11H2,1H3,(H,17,18)/t14-/m1/s1. The van der Waals surface area contributed by atoms with Gasteiger partial charge in [0.15, 0.2) is 4.34 Å². The maximum Gasteiger partial charge on any atom is 0.206 e. The third-order valence-corrected chi connectivity index (χ3v) is 5.82. The first kappa shape index (κ1) is 16.5. The predicted octanol–water partition coefficient (Wildman–Crippen LogP) is 3.82. The minimum Gasteiger partial charge on any atom is -0.497 e. The molecule has 0 unspecified atom stereocenters. The summed E-state index contributed by atoms with van der Waals surface area (Å²) >= 11 is 3.34. The second-order valence-corrected chi connectivity index (χ2v) is 7.62. The Labute approximate surface area is 144 Å². The van der Waals surface area contributed by atoms with E-state index in [2.05, 4.69) is 15.5 Å². The van der Waals surface area contributed by atoms with Gasteiger partial charge in [-0.1, -0.05) is 35.2 Å². The van der Waals surface area contributed by atoms with Crippen molar-refractivity contribution in [2.24, 2.45) is 0 Å². The molecule has 0 radical (unpaired) electrons. The van der Waals surface area contributed by atoms with E-state index in [1.165, 1.54) is 18.4 Å². The summed E-state index contributed by atoms with van der Waals surface area (Å²) in [6, 6.07) is 8.01. The van der Waals surface area contributed by atoms with Gasteiger partial charge in [0.2, 0.25) is 5.13 Å². The van der Waals surface area contributed by atoms with Crippen LogP contribution in [0.4, 0.5) is 5.13 Å². The van der Waals surface area contributed by atoms with Gasteiger partial charge >= 0.3 is 0 Å². The Hall–Kier alpha value is -1.31. The molecule has 1 aliphatic rings. The first-order valence-corrected chi connectivity index (χ1v) is 9.58. The van der Waals surface area contributed by atoms with Crippen molar-refractivity contribution in [3.8, 4) is 5.75 Å². The van der Waals surface area contributed by atoms with Crippen molar-refractivity contribution in [3.63, 3.8) is 0 Å². The fourth-order valence-electron chi connectivity index (χ4n) is 2.36. The Morgan fingerprint density at radius 3 is 2.91 bits per heavy atom. The van der Waals surface area contributed by atoms with Gasteiger partial charge in [0.25, 0.3) is 0 Å². The molecule has 1 atom stereocenters. The van der Waals surface area contributed by atoms with Crippen LogP contribution in [-0.4, -0.2) is 35.8 Å². The third kappa shape index (κ3) is 5.09. The number of rotatable bonds is 7. The highest BCUT2D eigenvalue weighted by Gasteiger charge is 2.15. The highest BCUT2D eigenvalue weighted by atomic mass is 32.2. The Kier molecular flexibility index (Phi) is 6.13. The molecule has 1 aromatic carbocycles. The first-order chi connectivity index (χ1) is 11.3. The lowest BCUT2D eigenvalue weighted by Gasteiger charge is -2.21. The van der Waals surface area contributed by atoms with Gasteiger partial charge in [-0.2, -0.15) is 0 Å². The maximum absolute atomic E-state index is 5.74. The fraction of sp³-hybridized carbons (Fsp3) is 0.500. The predicted molar refractivity (Wildman–Crippen MR) is 94.5 cm³/mol. The maximum atomic E-state index is 5.74. The smallest absolute Gasteiger partial charge is 0.206 e.